The number of halogens is 1. The predicted octanol–water partition coefficient (Wildman–Crippen LogP) is 2.56. The number of hydrogen-bond donors (Lipinski definition) is 2. The Labute approximate surface area is 211 Å². The van der Waals surface area contributed by atoms with Crippen LogP contribution in [-0.4, -0.2) is 72.5 Å². The lowest BCUT2D eigenvalue weighted by Gasteiger charge is -2.35. The van der Waals surface area contributed by atoms with Gasteiger partial charge in [-0.2, -0.15) is 0 Å². The highest BCUT2D eigenvalue weighted by Crippen LogP contribution is 2.14. The topological polar surface area (TPSA) is 85.7 Å². The van der Waals surface area contributed by atoms with Gasteiger partial charge in [-0.1, -0.05) is 13.0 Å². The van der Waals surface area contributed by atoms with Crippen molar-refractivity contribution >= 4 is 53.0 Å². The Hall–Kier alpha value is -1.95. The van der Waals surface area contributed by atoms with Crippen LogP contribution in [0.5, 0.6) is 0 Å². The Morgan fingerprint density at radius 2 is 1.97 bits per heavy atom. The number of amides is 1. The Morgan fingerprint density at radius 1 is 1.16 bits per heavy atom. The molecule has 176 valence electrons. The van der Waals surface area contributed by atoms with Gasteiger partial charge in [0, 0.05) is 75.9 Å². The molecule has 0 bridgehead atoms. The molecule has 2 aromatic heterocycles. The summed E-state index contributed by atoms with van der Waals surface area (Å²) in [6.07, 6.45) is 6.08. The van der Waals surface area contributed by atoms with Gasteiger partial charge in [0.1, 0.15) is 5.82 Å². The van der Waals surface area contributed by atoms with E-state index in [9.17, 15) is 4.79 Å². The molecule has 2 aromatic rings. The molecule has 1 amide bonds. The van der Waals surface area contributed by atoms with E-state index in [-0.39, 0.29) is 29.9 Å². The molecular formula is C22H34IN7OS. The number of hydrogen-bond acceptors (Lipinski definition) is 6. The maximum absolute atomic E-state index is 12.6. The number of carbonyl (C=O) groups excluding carboxylic acids is 1. The number of guanidine groups is 1. The Morgan fingerprint density at radius 3 is 2.62 bits per heavy atom. The number of nitrogens with one attached hydrogen (secondary N) is 2. The molecule has 0 unspecified atom stereocenters. The minimum Gasteiger partial charge on any atom is -0.357 e. The van der Waals surface area contributed by atoms with Crippen LogP contribution >= 0.6 is 35.3 Å². The Bertz CT molecular complexity index is 838. The molecule has 3 heterocycles. The van der Waals surface area contributed by atoms with Crippen LogP contribution in [0.15, 0.2) is 35.6 Å². The molecule has 0 saturated carbocycles. The third-order valence-corrected chi connectivity index (χ3v) is 6.33. The van der Waals surface area contributed by atoms with Gasteiger partial charge in [0.15, 0.2) is 5.96 Å². The highest BCUT2D eigenvalue weighted by atomic mass is 127. The van der Waals surface area contributed by atoms with Gasteiger partial charge >= 0.3 is 0 Å². The van der Waals surface area contributed by atoms with Gasteiger partial charge in [-0.25, -0.2) is 9.97 Å². The summed E-state index contributed by atoms with van der Waals surface area (Å²) in [5.74, 6) is 1.91. The lowest BCUT2D eigenvalue weighted by Crippen LogP contribution is -2.49. The molecule has 1 saturated heterocycles. The summed E-state index contributed by atoms with van der Waals surface area (Å²) in [4.78, 5) is 31.5. The third-order valence-electron chi connectivity index (χ3n) is 5.13. The highest BCUT2D eigenvalue weighted by molar-refractivity contribution is 14.0. The van der Waals surface area contributed by atoms with Crippen LogP contribution in [0.3, 0.4) is 0 Å². The van der Waals surface area contributed by atoms with Crippen LogP contribution in [0.1, 0.15) is 30.2 Å². The second-order valence-electron chi connectivity index (χ2n) is 7.32. The number of thiazole rings is 1. The van der Waals surface area contributed by atoms with Gasteiger partial charge in [0.25, 0.3) is 0 Å². The van der Waals surface area contributed by atoms with Crippen molar-refractivity contribution in [3.8, 4) is 0 Å². The van der Waals surface area contributed by atoms with E-state index in [1.165, 1.54) is 4.88 Å². The molecule has 0 aliphatic carbocycles. The van der Waals surface area contributed by atoms with Crippen LogP contribution < -0.4 is 15.5 Å². The van der Waals surface area contributed by atoms with E-state index < -0.39 is 0 Å². The fraction of sp³-hybridized carbons (Fsp3) is 0.545. The highest BCUT2D eigenvalue weighted by Gasteiger charge is 2.21. The monoisotopic (exact) mass is 571 g/mol. The molecule has 32 heavy (non-hydrogen) atoms. The summed E-state index contributed by atoms with van der Waals surface area (Å²) in [6.45, 7) is 9.31. The average Bonchev–Trinajstić information content (AvgIpc) is 3.28. The zero-order valence-corrected chi connectivity index (χ0v) is 22.1. The number of aromatic nitrogens is 2. The first-order valence-electron chi connectivity index (χ1n) is 11.1. The molecule has 0 spiro atoms. The summed E-state index contributed by atoms with van der Waals surface area (Å²) >= 11 is 1.76. The maximum atomic E-state index is 12.6. The molecule has 1 fully saturated rings. The molecular weight excluding hydrogens is 537 g/mol. The first-order valence-corrected chi connectivity index (χ1v) is 11.9. The number of pyridine rings is 1. The largest absolute Gasteiger partial charge is 0.357 e. The second kappa shape index (κ2) is 14.2. The van der Waals surface area contributed by atoms with Crippen molar-refractivity contribution in [2.75, 3.05) is 50.7 Å². The lowest BCUT2D eigenvalue weighted by molar-refractivity contribution is -0.131. The third kappa shape index (κ3) is 8.19. The summed E-state index contributed by atoms with van der Waals surface area (Å²) in [7, 11) is 0. The van der Waals surface area contributed by atoms with E-state index in [0.29, 0.717) is 19.5 Å². The van der Waals surface area contributed by atoms with Crippen molar-refractivity contribution < 1.29 is 4.79 Å². The first kappa shape index (κ1) is 26.3. The number of aliphatic imine (C=N–C) groups is 1. The standard InChI is InChI=1S/C22H33N7OS.HI/c1-3-18-17-27-20(31-18)8-11-25-22(23-4-2)26-12-9-21(30)29-15-13-28(14-16-29)19-7-5-6-10-24-19;/h5-7,10,17H,3-4,8-9,11-16H2,1-2H3,(H2,23,25,26);1H. The normalized spacial score (nSPS) is 14.1. The van der Waals surface area contributed by atoms with Gasteiger partial charge in [0.05, 0.1) is 5.01 Å². The first-order chi connectivity index (χ1) is 15.2. The second-order valence-corrected chi connectivity index (χ2v) is 8.52. The molecule has 1 aliphatic rings. The van der Waals surface area contributed by atoms with E-state index >= 15 is 0 Å². The van der Waals surface area contributed by atoms with Crippen LogP contribution in [0.25, 0.3) is 0 Å². The SMILES string of the molecule is CCNC(=NCCc1ncc(CC)s1)NCCC(=O)N1CCN(c2ccccn2)CC1.I. The van der Waals surface area contributed by atoms with E-state index in [1.807, 2.05) is 36.2 Å². The number of carbonyl (C=O) groups is 1. The number of piperazine rings is 1. The van der Waals surface area contributed by atoms with Crippen molar-refractivity contribution in [3.63, 3.8) is 0 Å². The molecule has 0 aromatic carbocycles. The van der Waals surface area contributed by atoms with Crippen LogP contribution in [-0.2, 0) is 17.6 Å². The zero-order chi connectivity index (χ0) is 21.9. The molecule has 1 aliphatic heterocycles. The molecule has 2 N–H and O–H groups in total. The Balaban J connectivity index is 0.00000363. The Kier molecular flexibility index (Phi) is 11.7. The number of rotatable bonds is 9. The van der Waals surface area contributed by atoms with Crippen LogP contribution in [0, 0.1) is 0 Å². The lowest BCUT2D eigenvalue weighted by atomic mass is 10.2. The number of anilines is 1. The summed E-state index contributed by atoms with van der Waals surface area (Å²) in [6, 6.07) is 5.93. The summed E-state index contributed by atoms with van der Waals surface area (Å²) < 4.78 is 0. The van der Waals surface area contributed by atoms with Crippen molar-refractivity contribution in [2.24, 2.45) is 4.99 Å². The van der Waals surface area contributed by atoms with Crippen molar-refractivity contribution in [2.45, 2.75) is 33.1 Å². The van der Waals surface area contributed by atoms with Gasteiger partial charge < -0.3 is 20.4 Å². The van der Waals surface area contributed by atoms with Crippen LogP contribution in [0.2, 0.25) is 0 Å². The van der Waals surface area contributed by atoms with Crippen LogP contribution in [0.4, 0.5) is 5.82 Å². The van der Waals surface area contributed by atoms with Crippen molar-refractivity contribution in [1.82, 2.24) is 25.5 Å². The molecule has 3 rings (SSSR count). The maximum Gasteiger partial charge on any atom is 0.224 e. The molecule has 0 radical (unpaired) electrons. The van der Waals surface area contributed by atoms with Crippen molar-refractivity contribution in [1.29, 1.82) is 0 Å². The summed E-state index contributed by atoms with van der Waals surface area (Å²) in [5.41, 5.74) is 0. The minimum atomic E-state index is 0. The van der Waals surface area contributed by atoms with Gasteiger partial charge in [0.2, 0.25) is 5.91 Å². The molecule has 8 nitrogen and oxygen atoms in total. The summed E-state index contributed by atoms with van der Waals surface area (Å²) in [5, 5.41) is 7.65. The smallest absolute Gasteiger partial charge is 0.224 e. The van der Waals surface area contributed by atoms with E-state index in [1.54, 1.807) is 17.5 Å². The van der Waals surface area contributed by atoms with E-state index in [0.717, 1.165) is 62.4 Å². The number of aryl methyl sites for hydroxylation is 1. The van der Waals surface area contributed by atoms with Crippen molar-refractivity contribution in [3.05, 3.63) is 40.5 Å². The minimum absolute atomic E-state index is 0. The number of nitrogens with zero attached hydrogens (tertiary/aromatic N) is 5. The van der Waals surface area contributed by atoms with E-state index in [4.69, 9.17) is 0 Å². The van der Waals surface area contributed by atoms with Gasteiger partial charge in [-0.15, -0.1) is 35.3 Å². The quantitative estimate of drug-likeness (QED) is 0.274. The van der Waals surface area contributed by atoms with Gasteiger partial charge in [-0.05, 0) is 25.5 Å². The molecule has 10 heteroatoms. The zero-order valence-electron chi connectivity index (χ0n) is 18.9. The predicted molar refractivity (Wildman–Crippen MR) is 142 cm³/mol. The molecule has 0 atom stereocenters. The fourth-order valence-corrected chi connectivity index (χ4v) is 4.26. The average molecular weight is 572 g/mol. The van der Waals surface area contributed by atoms with Gasteiger partial charge in [-0.3, -0.25) is 9.79 Å². The van der Waals surface area contributed by atoms with E-state index in [2.05, 4.69) is 37.4 Å². The fourth-order valence-electron chi connectivity index (χ4n) is 3.40.